The van der Waals surface area contributed by atoms with Gasteiger partial charge in [0.1, 0.15) is 0 Å². The highest BCUT2D eigenvalue weighted by atomic mass is 16.5. The number of carboxylic acid groups (broad SMARTS) is 1. The number of nitrogens with zero attached hydrogens (tertiary/aromatic N) is 1. The molecule has 1 rings (SSSR count). The van der Waals surface area contributed by atoms with Crippen LogP contribution in [0.15, 0.2) is 0 Å². The van der Waals surface area contributed by atoms with Crippen LogP contribution in [0.3, 0.4) is 0 Å². The molecule has 1 atom stereocenters. The first-order valence-electron chi connectivity index (χ1n) is 5.94. The molecule has 2 N–H and O–H groups in total. The van der Waals surface area contributed by atoms with Crippen molar-refractivity contribution in [1.29, 1.82) is 0 Å². The predicted molar refractivity (Wildman–Crippen MR) is 62.0 cm³/mol. The summed E-state index contributed by atoms with van der Waals surface area (Å²) in [5.74, 6) is -1.75. The standard InChI is InChI=1S/C11H18N2O5/c1-2-18-11(17)12-9(14)7-13-5-3-4-8(6-13)10(15)16/h8H,2-7H2,1H3,(H,15,16)(H,12,14,17). The minimum absolute atomic E-state index is 0.0165. The Labute approximate surface area is 105 Å². The lowest BCUT2D eigenvalue weighted by molar-refractivity contribution is -0.144. The van der Waals surface area contributed by atoms with Crippen molar-refractivity contribution < 1.29 is 24.2 Å². The molecule has 2 amide bonds. The number of rotatable bonds is 4. The molecular weight excluding hydrogens is 240 g/mol. The van der Waals surface area contributed by atoms with Crippen LogP contribution in [0.2, 0.25) is 0 Å². The van der Waals surface area contributed by atoms with Crippen LogP contribution in [-0.4, -0.2) is 54.2 Å². The number of amides is 2. The fourth-order valence-corrected chi connectivity index (χ4v) is 1.92. The predicted octanol–water partition coefficient (Wildman–Crippen LogP) is 0.0557. The van der Waals surface area contributed by atoms with Crippen LogP contribution in [0.5, 0.6) is 0 Å². The number of nitrogens with one attached hydrogen (secondary N) is 1. The van der Waals surface area contributed by atoms with Crippen LogP contribution >= 0.6 is 0 Å². The van der Waals surface area contributed by atoms with Gasteiger partial charge >= 0.3 is 12.1 Å². The van der Waals surface area contributed by atoms with E-state index in [4.69, 9.17) is 5.11 Å². The molecule has 1 aliphatic heterocycles. The van der Waals surface area contributed by atoms with Gasteiger partial charge in [-0.2, -0.15) is 0 Å². The van der Waals surface area contributed by atoms with Crippen molar-refractivity contribution >= 4 is 18.0 Å². The molecule has 0 radical (unpaired) electrons. The SMILES string of the molecule is CCOC(=O)NC(=O)CN1CCCC(C(=O)O)C1. The van der Waals surface area contributed by atoms with Gasteiger partial charge in [-0.05, 0) is 26.3 Å². The lowest BCUT2D eigenvalue weighted by Crippen LogP contribution is -2.45. The van der Waals surface area contributed by atoms with Crippen molar-refractivity contribution in [2.75, 3.05) is 26.2 Å². The highest BCUT2D eigenvalue weighted by molar-refractivity contribution is 5.92. The minimum Gasteiger partial charge on any atom is -0.481 e. The van der Waals surface area contributed by atoms with Crippen molar-refractivity contribution in [2.45, 2.75) is 19.8 Å². The molecular formula is C11H18N2O5. The Morgan fingerprint density at radius 3 is 2.78 bits per heavy atom. The summed E-state index contributed by atoms with van der Waals surface area (Å²) in [7, 11) is 0. The molecule has 102 valence electrons. The van der Waals surface area contributed by atoms with E-state index >= 15 is 0 Å². The van der Waals surface area contributed by atoms with Crippen LogP contribution in [0.1, 0.15) is 19.8 Å². The van der Waals surface area contributed by atoms with Crippen LogP contribution < -0.4 is 5.32 Å². The largest absolute Gasteiger partial charge is 0.481 e. The van der Waals surface area contributed by atoms with E-state index in [2.05, 4.69) is 10.1 Å². The summed E-state index contributed by atoms with van der Waals surface area (Å²) in [6, 6.07) is 0. The molecule has 0 spiro atoms. The molecule has 1 saturated heterocycles. The Morgan fingerprint density at radius 2 is 2.17 bits per heavy atom. The first-order chi connectivity index (χ1) is 8.52. The molecule has 0 aromatic heterocycles. The zero-order valence-corrected chi connectivity index (χ0v) is 10.3. The van der Waals surface area contributed by atoms with Gasteiger partial charge in [0.15, 0.2) is 0 Å². The van der Waals surface area contributed by atoms with Gasteiger partial charge in [0.05, 0.1) is 19.1 Å². The fourth-order valence-electron chi connectivity index (χ4n) is 1.92. The van der Waals surface area contributed by atoms with Crippen LogP contribution in [-0.2, 0) is 14.3 Å². The highest BCUT2D eigenvalue weighted by Crippen LogP contribution is 2.15. The first kappa shape index (κ1) is 14.4. The summed E-state index contributed by atoms with van der Waals surface area (Å²) in [6.07, 6.45) is 0.601. The van der Waals surface area contributed by atoms with E-state index in [0.29, 0.717) is 19.5 Å². The van der Waals surface area contributed by atoms with Crippen LogP contribution in [0.25, 0.3) is 0 Å². The molecule has 1 fully saturated rings. The van der Waals surface area contributed by atoms with E-state index < -0.39 is 23.9 Å². The number of piperidine rings is 1. The summed E-state index contributed by atoms with van der Waals surface area (Å²) in [6.45, 7) is 2.87. The van der Waals surface area contributed by atoms with E-state index in [-0.39, 0.29) is 13.2 Å². The molecule has 1 heterocycles. The number of hydrogen-bond acceptors (Lipinski definition) is 5. The van der Waals surface area contributed by atoms with Crippen LogP contribution in [0, 0.1) is 5.92 Å². The van der Waals surface area contributed by atoms with E-state index in [1.165, 1.54) is 0 Å². The maximum absolute atomic E-state index is 11.5. The normalized spacial score (nSPS) is 20.2. The summed E-state index contributed by atoms with van der Waals surface area (Å²) < 4.78 is 4.58. The van der Waals surface area contributed by atoms with E-state index in [1.54, 1.807) is 11.8 Å². The Morgan fingerprint density at radius 1 is 1.44 bits per heavy atom. The third-order valence-electron chi connectivity index (χ3n) is 2.74. The van der Waals surface area contributed by atoms with Gasteiger partial charge in [0.2, 0.25) is 5.91 Å². The van der Waals surface area contributed by atoms with Crippen molar-refractivity contribution in [3.63, 3.8) is 0 Å². The third kappa shape index (κ3) is 4.70. The Bertz CT molecular complexity index is 331. The first-order valence-corrected chi connectivity index (χ1v) is 5.94. The van der Waals surface area contributed by atoms with Gasteiger partial charge < -0.3 is 9.84 Å². The Kier molecular flexibility index (Phi) is 5.57. The summed E-state index contributed by atoms with van der Waals surface area (Å²) in [5.41, 5.74) is 0. The number of carboxylic acids is 1. The quantitative estimate of drug-likeness (QED) is 0.740. The lowest BCUT2D eigenvalue weighted by atomic mass is 9.98. The zero-order valence-electron chi connectivity index (χ0n) is 10.3. The summed E-state index contributed by atoms with van der Waals surface area (Å²) in [4.78, 5) is 35.1. The van der Waals surface area contributed by atoms with E-state index in [9.17, 15) is 14.4 Å². The molecule has 1 aliphatic rings. The summed E-state index contributed by atoms with van der Waals surface area (Å²) >= 11 is 0. The Balaban J connectivity index is 2.35. The van der Waals surface area contributed by atoms with Gasteiger partial charge in [0.25, 0.3) is 0 Å². The number of ether oxygens (including phenoxy) is 1. The molecule has 0 aliphatic carbocycles. The maximum Gasteiger partial charge on any atom is 0.413 e. The number of alkyl carbamates (subject to hydrolysis) is 1. The van der Waals surface area contributed by atoms with E-state index in [1.807, 2.05) is 0 Å². The number of aliphatic carboxylic acids is 1. The smallest absolute Gasteiger partial charge is 0.413 e. The Hall–Kier alpha value is -1.63. The average Bonchev–Trinajstić information content (AvgIpc) is 2.29. The molecule has 0 bridgehead atoms. The molecule has 0 aromatic rings. The number of carbonyl (C=O) groups is 3. The van der Waals surface area contributed by atoms with E-state index in [0.717, 1.165) is 6.42 Å². The molecule has 1 unspecified atom stereocenters. The average molecular weight is 258 g/mol. The zero-order chi connectivity index (χ0) is 13.5. The molecule has 7 nitrogen and oxygen atoms in total. The minimum atomic E-state index is -0.842. The number of imide groups is 1. The van der Waals surface area contributed by atoms with Crippen molar-refractivity contribution in [3.05, 3.63) is 0 Å². The van der Waals surface area contributed by atoms with Crippen LogP contribution in [0.4, 0.5) is 4.79 Å². The second kappa shape index (κ2) is 6.95. The molecule has 7 heteroatoms. The number of hydrogen-bond donors (Lipinski definition) is 2. The number of likely N-dealkylation sites (tertiary alicyclic amines) is 1. The summed E-state index contributed by atoms with van der Waals surface area (Å²) in [5, 5.41) is 11.0. The molecule has 18 heavy (non-hydrogen) atoms. The van der Waals surface area contributed by atoms with Crippen molar-refractivity contribution in [2.24, 2.45) is 5.92 Å². The molecule has 0 aromatic carbocycles. The van der Waals surface area contributed by atoms with Gasteiger partial charge in [-0.3, -0.25) is 19.8 Å². The monoisotopic (exact) mass is 258 g/mol. The second-order valence-corrected chi connectivity index (χ2v) is 4.18. The van der Waals surface area contributed by atoms with Gasteiger partial charge in [-0.25, -0.2) is 4.79 Å². The fraction of sp³-hybridized carbons (Fsp3) is 0.727. The second-order valence-electron chi connectivity index (χ2n) is 4.18. The third-order valence-corrected chi connectivity index (χ3v) is 2.74. The number of carbonyl (C=O) groups excluding carboxylic acids is 2. The maximum atomic E-state index is 11.5. The molecule has 0 saturated carbocycles. The highest BCUT2D eigenvalue weighted by Gasteiger charge is 2.26. The topological polar surface area (TPSA) is 95.9 Å². The van der Waals surface area contributed by atoms with Gasteiger partial charge in [0, 0.05) is 6.54 Å². The van der Waals surface area contributed by atoms with Crippen molar-refractivity contribution in [1.82, 2.24) is 10.2 Å². The van der Waals surface area contributed by atoms with Gasteiger partial charge in [-0.15, -0.1) is 0 Å². The van der Waals surface area contributed by atoms with Gasteiger partial charge in [-0.1, -0.05) is 0 Å². The van der Waals surface area contributed by atoms with Crippen molar-refractivity contribution in [3.8, 4) is 0 Å². The lowest BCUT2D eigenvalue weighted by Gasteiger charge is -2.29.